The fraction of sp³-hybridized carbons (Fsp3) is 0.714. The van der Waals surface area contributed by atoms with Gasteiger partial charge in [-0.05, 0) is 6.42 Å². The quantitative estimate of drug-likeness (QED) is 0.680. The number of amides is 2. The van der Waals surface area contributed by atoms with Crippen molar-refractivity contribution in [3.8, 4) is 0 Å². The zero-order valence-electron chi connectivity index (χ0n) is 7.59. The maximum absolute atomic E-state index is 10.6. The van der Waals surface area contributed by atoms with Crippen LogP contribution in [0.2, 0.25) is 0 Å². The number of nitrogens with zero attached hydrogens (tertiary/aromatic N) is 2. The maximum atomic E-state index is 10.6. The average Bonchev–Trinajstić information content (AvgIpc) is 2.03. The van der Waals surface area contributed by atoms with Crippen molar-refractivity contribution in [2.24, 2.45) is 0 Å². The topological polar surface area (TPSA) is 40.6 Å². The predicted octanol–water partition coefficient (Wildman–Crippen LogP) is 1.38. The van der Waals surface area contributed by atoms with Gasteiger partial charge in [-0.1, -0.05) is 0 Å². The summed E-state index contributed by atoms with van der Waals surface area (Å²) in [7, 11) is 0. The van der Waals surface area contributed by atoms with Crippen LogP contribution in [0.25, 0.3) is 0 Å². The van der Waals surface area contributed by atoms with Gasteiger partial charge in [-0.25, -0.2) is 0 Å². The number of rotatable bonds is 4. The summed E-state index contributed by atoms with van der Waals surface area (Å²) in [6, 6.07) is 0. The highest BCUT2D eigenvalue weighted by Crippen LogP contribution is 2.01. The van der Waals surface area contributed by atoms with E-state index in [0.29, 0.717) is 19.5 Å². The molecule has 0 atom stereocenters. The summed E-state index contributed by atoms with van der Waals surface area (Å²) < 4.78 is 2.12. The second-order valence-electron chi connectivity index (χ2n) is 2.56. The molecule has 0 unspecified atom stereocenters. The largest absolute Gasteiger partial charge is 0.274 e. The van der Waals surface area contributed by atoms with E-state index in [1.165, 1.54) is 13.8 Å². The normalized spacial score (nSPS) is 9.54. The molecule has 0 rings (SSSR count). The molecule has 0 aromatic carbocycles. The van der Waals surface area contributed by atoms with Gasteiger partial charge in [-0.15, -0.1) is 0 Å². The lowest BCUT2D eigenvalue weighted by atomic mass is 10.4. The number of carbonyl (C=O) groups is 2. The lowest BCUT2D eigenvalue weighted by molar-refractivity contribution is -0.124. The Hall–Kier alpha value is -0.480. The number of hydrogen-bond donors (Lipinski definition) is 0. The number of halogens is 2. The summed E-state index contributed by atoms with van der Waals surface area (Å²) in [4.78, 5) is 21.3. The Labute approximate surface area is 87.6 Å². The lowest BCUT2D eigenvalue weighted by Crippen LogP contribution is -2.25. The minimum atomic E-state index is -0.217. The molecular weight excluding hydrogens is 215 g/mol. The average molecular weight is 227 g/mol. The predicted molar refractivity (Wildman–Crippen MR) is 51.1 cm³/mol. The van der Waals surface area contributed by atoms with E-state index >= 15 is 0 Å². The van der Waals surface area contributed by atoms with Gasteiger partial charge in [-0.2, -0.15) is 0 Å². The lowest BCUT2D eigenvalue weighted by Gasteiger charge is -2.14. The number of carbonyl (C=O) groups excluding carboxylic acids is 2. The van der Waals surface area contributed by atoms with Crippen LogP contribution in [0.4, 0.5) is 0 Å². The summed E-state index contributed by atoms with van der Waals surface area (Å²) in [5.74, 6) is -0.434. The second kappa shape index (κ2) is 6.05. The minimum absolute atomic E-state index is 0.217. The molecule has 0 radical (unpaired) electrons. The number of hydrogen-bond acceptors (Lipinski definition) is 2. The fourth-order valence-electron chi connectivity index (χ4n) is 0.663. The Morgan fingerprint density at radius 3 is 1.54 bits per heavy atom. The van der Waals surface area contributed by atoms with E-state index in [0.717, 1.165) is 8.84 Å². The van der Waals surface area contributed by atoms with Crippen molar-refractivity contribution in [1.29, 1.82) is 0 Å². The summed E-state index contributed by atoms with van der Waals surface area (Å²) in [6.07, 6.45) is 0.562. The monoisotopic (exact) mass is 226 g/mol. The van der Waals surface area contributed by atoms with E-state index in [4.69, 9.17) is 23.6 Å². The summed E-state index contributed by atoms with van der Waals surface area (Å²) in [5.41, 5.74) is 0. The molecule has 0 aliphatic carbocycles. The summed E-state index contributed by atoms with van der Waals surface area (Å²) in [5, 5.41) is 0. The molecule has 76 valence electrons. The Bertz CT molecular complexity index is 179. The van der Waals surface area contributed by atoms with Crippen molar-refractivity contribution in [3.63, 3.8) is 0 Å². The zero-order valence-corrected chi connectivity index (χ0v) is 9.10. The zero-order chi connectivity index (χ0) is 10.4. The van der Waals surface area contributed by atoms with Crippen LogP contribution in [0.5, 0.6) is 0 Å². The molecule has 0 spiro atoms. The van der Waals surface area contributed by atoms with Crippen molar-refractivity contribution in [1.82, 2.24) is 8.84 Å². The highest BCUT2D eigenvalue weighted by Gasteiger charge is 2.07. The Morgan fingerprint density at radius 1 is 1.00 bits per heavy atom. The van der Waals surface area contributed by atoms with Crippen molar-refractivity contribution in [2.75, 3.05) is 13.1 Å². The Balaban J connectivity index is 3.56. The van der Waals surface area contributed by atoms with E-state index in [9.17, 15) is 9.59 Å². The van der Waals surface area contributed by atoms with Gasteiger partial charge in [0.05, 0.1) is 0 Å². The van der Waals surface area contributed by atoms with Gasteiger partial charge < -0.3 is 0 Å². The fourth-order valence-corrected chi connectivity index (χ4v) is 0.902. The first-order chi connectivity index (χ1) is 5.95. The minimum Gasteiger partial charge on any atom is -0.274 e. The van der Waals surface area contributed by atoms with Crippen LogP contribution in [0, 0.1) is 0 Å². The molecular formula is C7H12Cl2N2O2. The highest BCUT2D eigenvalue weighted by molar-refractivity contribution is 6.21. The highest BCUT2D eigenvalue weighted by atomic mass is 35.5. The molecule has 0 fully saturated rings. The van der Waals surface area contributed by atoms with Crippen LogP contribution in [-0.2, 0) is 9.59 Å². The molecule has 13 heavy (non-hydrogen) atoms. The van der Waals surface area contributed by atoms with Crippen LogP contribution in [0.1, 0.15) is 20.3 Å². The molecule has 0 N–H and O–H groups in total. The van der Waals surface area contributed by atoms with Crippen molar-refractivity contribution >= 4 is 35.4 Å². The van der Waals surface area contributed by atoms with Gasteiger partial charge >= 0.3 is 0 Å². The van der Waals surface area contributed by atoms with Gasteiger partial charge in [0.25, 0.3) is 0 Å². The van der Waals surface area contributed by atoms with Crippen LogP contribution in [0.3, 0.4) is 0 Å². The SMILES string of the molecule is CC(=O)N(Cl)CCCN(Cl)C(C)=O. The maximum Gasteiger partial charge on any atom is 0.233 e. The van der Waals surface area contributed by atoms with Crippen LogP contribution in [-0.4, -0.2) is 33.7 Å². The van der Waals surface area contributed by atoms with Crippen molar-refractivity contribution in [3.05, 3.63) is 0 Å². The smallest absolute Gasteiger partial charge is 0.233 e. The molecule has 6 heteroatoms. The Kier molecular flexibility index (Phi) is 5.82. The van der Waals surface area contributed by atoms with E-state index in [1.807, 2.05) is 0 Å². The Morgan fingerprint density at radius 2 is 1.31 bits per heavy atom. The van der Waals surface area contributed by atoms with Crippen LogP contribution < -0.4 is 0 Å². The van der Waals surface area contributed by atoms with E-state index in [-0.39, 0.29) is 11.8 Å². The molecule has 0 aromatic rings. The van der Waals surface area contributed by atoms with E-state index in [1.54, 1.807) is 0 Å². The summed E-state index contributed by atoms with van der Waals surface area (Å²) >= 11 is 11.0. The molecule has 0 saturated heterocycles. The first-order valence-electron chi connectivity index (χ1n) is 3.83. The van der Waals surface area contributed by atoms with Gasteiger partial charge in [0, 0.05) is 50.5 Å². The molecule has 0 saturated carbocycles. The van der Waals surface area contributed by atoms with Crippen molar-refractivity contribution < 1.29 is 9.59 Å². The molecule has 4 nitrogen and oxygen atoms in total. The van der Waals surface area contributed by atoms with Gasteiger partial charge in [0.1, 0.15) is 0 Å². The molecule has 0 aromatic heterocycles. The third-order valence-electron chi connectivity index (χ3n) is 1.39. The second-order valence-corrected chi connectivity index (χ2v) is 3.38. The molecule has 2 amide bonds. The summed E-state index contributed by atoms with van der Waals surface area (Å²) in [6.45, 7) is 3.51. The van der Waals surface area contributed by atoms with Crippen molar-refractivity contribution in [2.45, 2.75) is 20.3 Å². The standard InChI is InChI=1S/C7H12Cl2N2O2/c1-6(12)10(8)4-3-5-11(9)7(2)13/h3-5H2,1-2H3. The third-order valence-corrected chi connectivity index (χ3v) is 2.21. The molecule has 0 aliphatic rings. The van der Waals surface area contributed by atoms with E-state index < -0.39 is 0 Å². The van der Waals surface area contributed by atoms with E-state index in [2.05, 4.69) is 0 Å². The van der Waals surface area contributed by atoms with Gasteiger partial charge in [0.2, 0.25) is 11.8 Å². The van der Waals surface area contributed by atoms with Gasteiger partial charge in [0.15, 0.2) is 0 Å². The molecule has 0 aliphatic heterocycles. The first kappa shape index (κ1) is 12.5. The van der Waals surface area contributed by atoms with Crippen LogP contribution in [0.15, 0.2) is 0 Å². The molecule has 0 heterocycles. The van der Waals surface area contributed by atoms with Gasteiger partial charge in [-0.3, -0.25) is 18.4 Å². The third kappa shape index (κ3) is 5.71. The van der Waals surface area contributed by atoms with Crippen LogP contribution >= 0.6 is 23.6 Å². The first-order valence-corrected chi connectivity index (χ1v) is 4.50. The molecule has 0 bridgehead atoms.